The number of hydrogen-bond donors (Lipinski definition) is 0. The van der Waals surface area contributed by atoms with Crippen molar-refractivity contribution < 1.29 is 22.7 Å². The Morgan fingerprint density at radius 3 is 2.16 bits per heavy atom. The number of methoxy groups -OCH3 is 2. The number of amides is 1. The molecule has 0 aromatic heterocycles. The van der Waals surface area contributed by atoms with E-state index >= 15 is 0 Å². The Kier molecular flexibility index (Phi) is 7.40. The van der Waals surface area contributed by atoms with Crippen LogP contribution in [0.4, 0.5) is 11.4 Å². The van der Waals surface area contributed by atoms with E-state index in [-0.39, 0.29) is 10.9 Å². The average molecular weight is 482 g/mol. The van der Waals surface area contributed by atoms with Crippen molar-refractivity contribution in [3.63, 3.8) is 0 Å². The lowest BCUT2D eigenvalue weighted by Crippen LogP contribution is -2.55. The zero-order valence-corrected chi connectivity index (χ0v) is 20.2. The summed E-state index contributed by atoms with van der Waals surface area (Å²) in [4.78, 5) is 17.1. The highest BCUT2D eigenvalue weighted by atomic mass is 35.5. The van der Waals surface area contributed by atoms with Gasteiger partial charge in [0.2, 0.25) is 15.9 Å². The minimum Gasteiger partial charge on any atom is -0.497 e. The van der Waals surface area contributed by atoms with Gasteiger partial charge >= 0.3 is 0 Å². The molecule has 3 rings (SSSR count). The van der Waals surface area contributed by atoms with Crippen molar-refractivity contribution in [2.45, 2.75) is 13.0 Å². The fraction of sp³-hybridized carbons (Fsp3) is 0.409. The van der Waals surface area contributed by atoms with E-state index in [1.54, 1.807) is 31.1 Å². The van der Waals surface area contributed by atoms with Crippen LogP contribution in [0.25, 0.3) is 0 Å². The molecule has 0 radical (unpaired) electrons. The smallest absolute Gasteiger partial charge is 0.246 e. The first-order valence-electron chi connectivity index (χ1n) is 10.2. The molecule has 1 aliphatic rings. The molecule has 2 aromatic carbocycles. The quantitative estimate of drug-likeness (QED) is 0.605. The highest BCUT2D eigenvalue weighted by Gasteiger charge is 2.33. The third-order valence-electron chi connectivity index (χ3n) is 5.49. The summed E-state index contributed by atoms with van der Waals surface area (Å²) in [6.07, 6.45) is 1.08. The average Bonchev–Trinajstić information content (AvgIpc) is 2.78. The Bertz CT molecular complexity index is 1050. The second kappa shape index (κ2) is 9.87. The summed E-state index contributed by atoms with van der Waals surface area (Å²) in [6.45, 7) is 3.89. The Balaban J connectivity index is 1.73. The van der Waals surface area contributed by atoms with E-state index in [2.05, 4.69) is 4.90 Å². The number of ether oxygens (including phenoxy) is 2. The summed E-state index contributed by atoms with van der Waals surface area (Å²) in [7, 11) is -0.629. The van der Waals surface area contributed by atoms with Crippen LogP contribution in [-0.2, 0) is 14.8 Å². The number of piperazine rings is 1. The van der Waals surface area contributed by atoms with Gasteiger partial charge in [-0.15, -0.1) is 0 Å². The molecule has 32 heavy (non-hydrogen) atoms. The molecular weight excluding hydrogens is 454 g/mol. The molecule has 1 atom stereocenters. The number of hydrogen-bond acceptors (Lipinski definition) is 6. The molecule has 1 amide bonds. The number of halogens is 1. The van der Waals surface area contributed by atoms with Gasteiger partial charge in [0.1, 0.15) is 17.5 Å². The molecule has 1 saturated heterocycles. The molecule has 8 nitrogen and oxygen atoms in total. The van der Waals surface area contributed by atoms with Crippen LogP contribution in [0.2, 0.25) is 5.02 Å². The molecule has 0 bridgehead atoms. The maximum Gasteiger partial charge on any atom is 0.246 e. The summed E-state index contributed by atoms with van der Waals surface area (Å²) >= 11 is 6.19. The maximum absolute atomic E-state index is 13.2. The van der Waals surface area contributed by atoms with E-state index in [4.69, 9.17) is 21.1 Å². The van der Waals surface area contributed by atoms with Crippen molar-refractivity contribution in [2.24, 2.45) is 0 Å². The van der Waals surface area contributed by atoms with Crippen LogP contribution in [0.15, 0.2) is 42.5 Å². The summed E-state index contributed by atoms with van der Waals surface area (Å²) in [5, 5.41) is 0.270. The normalized spacial score (nSPS) is 15.3. The van der Waals surface area contributed by atoms with Crippen LogP contribution in [0.3, 0.4) is 0 Å². The zero-order valence-electron chi connectivity index (χ0n) is 18.6. The van der Waals surface area contributed by atoms with Gasteiger partial charge in [0.25, 0.3) is 0 Å². The van der Waals surface area contributed by atoms with Crippen LogP contribution in [0.1, 0.15) is 6.92 Å². The Hall–Kier alpha value is -2.65. The number of rotatable bonds is 7. The Morgan fingerprint density at radius 1 is 1.03 bits per heavy atom. The van der Waals surface area contributed by atoms with E-state index in [9.17, 15) is 13.2 Å². The van der Waals surface area contributed by atoms with Crippen molar-refractivity contribution in [2.75, 3.05) is 55.9 Å². The monoisotopic (exact) mass is 481 g/mol. The van der Waals surface area contributed by atoms with E-state index in [0.29, 0.717) is 37.6 Å². The van der Waals surface area contributed by atoms with Crippen molar-refractivity contribution in [1.82, 2.24) is 4.90 Å². The van der Waals surface area contributed by atoms with E-state index < -0.39 is 16.1 Å². The summed E-state index contributed by atoms with van der Waals surface area (Å²) < 4.78 is 36.6. The Morgan fingerprint density at radius 2 is 1.66 bits per heavy atom. The lowest BCUT2D eigenvalue weighted by atomic mass is 10.2. The minimum atomic E-state index is -3.73. The number of carbonyl (C=O) groups is 1. The topological polar surface area (TPSA) is 79.4 Å². The molecule has 2 aromatic rings. The maximum atomic E-state index is 13.2. The Labute approximate surface area is 194 Å². The standard InChI is InChI=1S/C22H28ClN3O5S/c1-16(26(32(4,28)29)18-7-10-21(31-3)20(23)15-18)22(27)25-13-11-24(12-14-25)17-5-8-19(30-2)9-6-17/h5-10,15-16H,11-14H2,1-4H3. The fourth-order valence-corrected chi connectivity index (χ4v) is 5.25. The van der Waals surface area contributed by atoms with Crippen LogP contribution in [0.5, 0.6) is 11.5 Å². The first-order chi connectivity index (χ1) is 15.2. The van der Waals surface area contributed by atoms with Gasteiger partial charge in [0, 0.05) is 31.9 Å². The van der Waals surface area contributed by atoms with Gasteiger partial charge < -0.3 is 19.3 Å². The van der Waals surface area contributed by atoms with Gasteiger partial charge in [-0.3, -0.25) is 9.10 Å². The van der Waals surface area contributed by atoms with E-state index in [1.807, 2.05) is 24.3 Å². The third-order valence-corrected chi connectivity index (χ3v) is 7.02. The second-order valence-electron chi connectivity index (χ2n) is 7.56. The van der Waals surface area contributed by atoms with Crippen molar-refractivity contribution in [3.05, 3.63) is 47.5 Å². The van der Waals surface area contributed by atoms with Gasteiger partial charge in [-0.25, -0.2) is 8.42 Å². The summed E-state index contributed by atoms with van der Waals surface area (Å²) in [5.41, 5.74) is 1.37. The number of nitrogens with zero attached hydrogens (tertiary/aromatic N) is 3. The van der Waals surface area contributed by atoms with Gasteiger partial charge in [-0.1, -0.05) is 11.6 Å². The van der Waals surface area contributed by atoms with Crippen molar-refractivity contribution in [3.8, 4) is 11.5 Å². The molecule has 0 saturated carbocycles. The molecule has 0 N–H and O–H groups in total. The largest absolute Gasteiger partial charge is 0.497 e. The van der Waals surface area contributed by atoms with Crippen molar-refractivity contribution >= 4 is 38.9 Å². The number of carbonyl (C=O) groups excluding carboxylic acids is 1. The zero-order chi connectivity index (χ0) is 23.5. The van der Waals surface area contributed by atoms with Gasteiger partial charge in [-0.2, -0.15) is 0 Å². The van der Waals surface area contributed by atoms with Gasteiger partial charge in [0.15, 0.2) is 0 Å². The summed E-state index contributed by atoms with van der Waals surface area (Å²) in [5.74, 6) is 0.963. The molecule has 1 fully saturated rings. The first-order valence-corrected chi connectivity index (χ1v) is 12.4. The highest BCUT2D eigenvalue weighted by molar-refractivity contribution is 7.92. The van der Waals surface area contributed by atoms with E-state index in [0.717, 1.165) is 22.0 Å². The number of benzene rings is 2. The molecule has 1 aliphatic heterocycles. The third kappa shape index (κ3) is 5.21. The molecule has 0 aliphatic carbocycles. The number of anilines is 2. The molecule has 0 spiro atoms. The fourth-order valence-electron chi connectivity index (χ4n) is 3.84. The highest BCUT2D eigenvalue weighted by Crippen LogP contribution is 2.31. The second-order valence-corrected chi connectivity index (χ2v) is 9.83. The van der Waals surface area contributed by atoms with Gasteiger partial charge in [0.05, 0.1) is 31.2 Å². The molecule has 1 unspecified atom stereocenters. The van der Waals surface area contributed by atoms with Crippen LogP contribution in [-0.4, -0.2) is 71.9 Å². The van der Waals surface area contributed by atoms with Crippen LogP contribution < -0.4 is 18.7 Å². The van der Waals surface area contributed by atoms with E-state index in [1.165, 1.54) is 13.2 Å². The van der Waals surface area contributed by atoms with Gasteiger partial charge in [-0.05, 0) is 49.4 Å². The van der Waals surface area contributed by atoms with Crippen LogP contribution in [0, 0.1) is 0 Å². The number of sulfonamides is 1. The predicted molar refractivity (Wildman–Crippen MR) is 127 cm³/mol. The minimum absolute atomic E-state index is 0.253. The molecular formula is C22H28ClN3O5S. The first kappa shape index (κ1) is 24.0. The SMILES string of the molecule is COc1ccc(N2CCN(C(=O)C(C)N(c3ccc(OC)c(Cl)c3)S(C)(=O)=O)CC2)cc1. The lowest BCUT2D eigenvalue weighted by Gasteiger charge is -2.39. The predicted octanol–water partition coefficient (Wildman–Crippen LogP) is 2.86. The molecule has 10 heteroatoms. The van der Waals surface area contributed by atoms with Crippen molar-refractivity contribution in [1.29, 1.82) is 0 Å². The lowest BCUT2D eigenvalue weighted by molar-refractivity contribution is -0.132. The molecule has 1 heterocycles. The molecule has 174 valence electrons. The van der Waals surface area contributed by atoms with Crippen LogP contribution >= 0.6 is 11.6 Å². The summed E-state index contributed by atoms with van der Waals surface area (Å²) in [6, 6.07) is 11.5.